The molecule has 0 aliphatic carbocycles. The average Bonchev–Trinajstić information content (AvgIpc) is 3.32. The summed E-state index contributed by atoms with van der Waals surface area (Å²) in [5.74, 6) is 0.308. The summed E-state index contributed by atoms with van der Waals surface area (Å²) in [5, 5.41) is 24.9. The van der Waals surface area contributed by atoms with Gasteiger partial charge >= 0.3 is 0 Å². The summed E-state index contributed by atoms with van der Waals surface area (Å²) in [6.07, 6.45) is 1.76. The monoisotopic (exact) mass is 490 g/mol. The Kier molecular flexibility index (Phi) is 5.67. The number of aryl methyl sites for hydroxylation is 1. The number of hydrogen-bond acceptors (Lipinski definition) is 4. The first-order valence-electron chi connectivity index (χ1n) is 10.8. The van der Waals surface area contributed by atoms with Gasteiger partial charge in [0.2, 0.25) is 0 Å². The third kappa shape index (κ3) is 3.77. The molecule has 8 heteroatoms. The van der Waals surface area contributed by atoms with Crippen LogP contribution in [0.1, 0.15) is 34.7 Å². The number of thiocarbonyl (C=S) groups is 1. The second-order valence-corrected chi connectivity index (χ2v) is 9.13. The van der Waals surface area contributed by atoms with Crippen LogP contribution in [0.5, 0.6) is 11.5 Å². The smallest absolute Gasteiger partial charge is 0.174 e. The maximum absolute atomic E-state index is 10.7. The molecular weight excluding hydrogens is 468 g/mol. The summed E-state index contributed by atoms with van der Waals surface area (Å²) in [6.45, 7) is 4.10. The summed E-state index contributed by atoms with van der Waals surface area (Å²) in [4.78, 5) is 6.51. The van der Waals surface area contributed by atoms with Crippen molar-refractivity contribution in [2.45, 2.75) is 25.9 Å². The number of aromatic nitrogens is 2. The molecule has 5 rings (SSSR count). The van der Waals surface area contributed by atoms with E-state index in [1.807, 2.05) is 42.2 Å². The molecule has 4 aromatic rings. The minimum atomic E-state index is -0.288. The average molecular weight is 491 g/mol. The lowest BCUT2D eigenvalue weighted by molar-refractivity contribution is 0.472. The SMILES string of the molecule is Cc1cc(C2C(c3ccccn3)NC(=S)N2c2cc(Cl)ccc2O)c(C)n1-c1ccc(O)cc1. The number of benzene rings is 2. The largest absolute Gasteiger partial charge is 0.508 e. The maximum Gasteiger partial charge on any atom is 0.174 e. The number of nitrogens with one attached hydrogen (secondary N) is 1. The molecule has 1 saturated heterocycles. The molecule has 1 aliphatic heterocycles. The van der Waals surface area contributed by atoms with Crippen molar-refractivity contribution >= 4 is 34.6 Å². The lowest BCUT2D eigenvalue weighted by Crippen LogP contribution is -2.29. The van der Waals surface area contributed by atoms with Gasteiger partial charge in [0.25, 0.3) is 0 Å². The molecule has 2 aromatic carbocycles. The Morgan fingerprint density at radius 1 is 1.00 bits per heavy atom. The fourth-order valence-corrected chi connectivity index (χ4v) is 5.21. The second kappa shape index (κ2) is 8.66. The van der Waals surface area contributed by atoms with Crippen LogP contribution >= 0.6 is 23.8 Å². The summed E-state index contributed by atoms with van der Waals surface area (Å²) in [7, 11) is 0. The third-order valence-corrected chi connectivity index (χ3v) is 6.74. The summed E-state index contributed by atoms with van der Waals surface area (Å²) in [5.41, 5.74) is 5.40. The molecule has 6 nitrogen and oxygen atoms in total. The fraction of sp³-hybridized carbons (Fsp3) is 0.154. The molecule has 2 aromatic heterocycles. The number of phenols is 2. The molecule has 0 bridgehead atoms. The van der Waals surface area contributed by atoms with Gasteiger partial charge in [-0.05, 0) is 92.3 Å². The summed E-state index contributed by atoms with van der Waals surface area (Å²) < 4.78 is 2.14. The number of nitrogens with zero attached hydrogens (tertiary/aromatic N) is 3. The van der Waals surface area contributed by atoms with Crippen molar-refractivity contribution in [2.24, 2.45) is 0 Å². The van der Waals surface area contributed by atoms with Crippen LogP contribution in [0.15, 0.2) is 72.9 Å². The number of anilines is 1. The van der Waals surface area contributed by atoms with E-state index < -0.39 is 0 Å². The van der Waals surface area contributed by atoms with Crippen LogP contribution in [0.4, 0.5) is 5.69 Å². The molecule has 172 valence electrons. The van der Waals surface area contributed by atoms with Crippen LogP contribution in [0, 0.1) is 13.8 Å². The highest BCUT2D eigenvalue weighted by Crippen LogP contribution is 2.46. The zero-order chi connectivity index (χ0) is 24.0. The van der Waals surface area contributed by atoms with E-state index in [0.717, 1.165) is 28.3 Å². The van der Waals surface area contributed by atoms with Gasteiger partial charge in [0.05, 0.1) is 23.5 Å². The standard InChI is InChI=1S/C26H23ClN4O2S/c1-15-13-20(16(2)30(15)18-7-9-19(32)10-8-18)25-24(21-5-3-4-12-28-21)29-26(34)31(25)22-14-17(27)6-11-23(22)33/h3-14,24-25,32-33H,1-2H3,(H,29,34). The van der Waals surface area contributed by atoms with Crippen molar-refractivity contribution in [3.05, 3.63) is 101 Å². The van der Waals surface area contributed by atoms with Crippen molar-refractivity contribution in [2.75, 3.05) is 4.90 Å². The van der Waals surface area contributed by atoms with Crippen molar-refractivity contribution in [3.63, 3.8) is 0 Å². The third-order valence-electron chi connectivity index (χ3n) is 6.19. The van der Waals surface area contributed by atoms with E-state index in [9.17, 15) is 10.2 Å². The molecule has 0 radical (unpaired) electrons. The molecule has 3 N–H and O–H groups in total. The second-order valence-electron chi connectivity index (χ2n) is 8.31. The van der Waals surface area contributed by atoms with E-state index >= 15 is 0 Å². The van der Waals surface area contributed by atoms with Crippen LogP contribution in [0.3, 0.4) is 0 Å². The van der Waals surface area contributed by atoms with Gasteiger partial charge in [0.15, 0.2) is 5.11 Å². The highest BCUT2D eigenvalue weighted by Gasteiger charge is 2.43. The predicted octanol–water partition coefficient (Wildman–Crippen LogP) is 5.73. The number of rotatable bonds is 4. The van der Waals surface area contributed by atoms with Crippen molar-refractivity contribution < 1.29 is 10.2 Å². The van der Waals surface area contributed by atoms with Crippen LogP contribution in [0.25, 0.3) is 5.69 Å². The van der Waals surface area contributed by atoms with Crippen LogP contribution in [0.2, 0.25) is 5.02 Å². The van der Waals surface area contributed by atoms with Gasteiger partial charge in [-0.3, -0.25) is 4.98 Å². The van der Waals surface area contributed by atoms with Crippen molar-refractivity contribution in [3.8, 4) is 17.2 Å². The highest BCUT2D eigenvalue weighted by atomic mass is 35.5. The molecule has 1 fully saturated rings. The Bertz CT molecular complexity index is 1370. The van der Waals surface area contributed by atoms with E-state index in [1.165, 1.54) is 0 Å². The first-order valence-corrected chi connectivity index (χ1v) is 11.6. The van der Waals surface area contributed by atoms with Gasteiger partial charge in [-0.25, -0.2) is 0 Å². The molecule has 0 spiro atoms. The van der Waals surface area contributed by atoms with Crippen LogP contribution in [-0.2, 0) is 0 Å². The Hall–Kier alpha value is -3.55. The molecule has 1 aliphatic rings. The predicted molar refractivity (Wildman–Crippen MR) is 138 cm³/mol. The summed E-state index contributed by atoms with van der Waals surface area (Å²) >= 11 is 12.1. The molecule has 2 atom stereocenters. The van der Waals surface area contributed by atoms with Gasteiger partial charge in [0.1, 0.15) is 11.5 Å². The Balaban J connectivity index is 1.70. The van der Waals surface area contributed by atoms with E-state index in [2.05, 4.69) is 27.9 Å². The topological polar surface area (TPSA) is 73.5 Å². The quantitative estimate of drug-likeness (QED) is 0.317. The first-order chi connectivity index (χ1) is 16.3. The number of pyridine rings is 1. The fourth-order valence-electron chi connectivity index (χ4n) is 4.71. The molecule has 2 unspecified atom stereocenters. The van der Waals surface area contributed by atoms with Crippen molar-refractivity contribution in [1.29, 1.82) is 0 Å². The first kappa shape index (κ1) is 22.3. The van der Waals surface area contributed by atoms with Crippen LogP contribution < -0.4 is 10.2 Å². The van der Waals surface area contributed by atoms with Gasteiger partial charge in [-0.1, -0.05) is 17.7 Å². The number of phenolic OH excluding ortho intramolecular Hbond substituents is 2. The van der Waals surface area contributed by atoms with Crippen molar-refractivity contribution in [1.82, 2.24) is 14.9 Å². The van der Waals surface area contributed by atoms with E-state index in [-0.39, 0.29) is 23.6 Å². The minimum Gasteiger partial charge on any atom is -0.508 e. The van der Waals surface area contributed by atoms with Gasteiger partial charge in [-0.15, -0.1) is 0 Å². The number of halogens is 1. The van der Waals surface area contributed by atoms with E-state index in [4.69, 9.17) is 23.8 Å². The molecular formula is C26H23ClN4O2S. The Labute approximate surface area is 208 Å². The van der Waals surface area contributed by atoms with E-state index in [0.29, 0.717) is 15.8 Å². The van der Waals surface area contributed by atoms with Gasteiger partial charge in [-0.2, -0.15) is 0 Å². The lowest BCUT2D eigenvalue weighted by Gasteiger charge is -2.28. The molecule has 0 saturated carbocycles. The minimum absolute atomic E-state index is 0.0903. The zero-order valence-electron chi connectivity index (χ0n) is 18.6. The Morgan fingerprint density at radius 3 is 2.47 bits per heavy atom. The summed E-state index contributed by atoms with van der Waals surface area (Å²) in [6, 6.07) is 19.4. The highest BCUT2D eigenvalue weighted by molar-refractivity contribution is 7.80. The lowest BCUT2D eigenvalue weighted by atomic mass is 9.96. The number of aromatic hydroxyl groups is 2. The Morgan fingerprint density at radius 2 is 1.76 bits per heavy atom. The zero-order valence-corrected chi connectivity index (χ0v) is 20.2. The van der Waals surface area contributed by atoms with Crippen LogP contribution in [-0.4, -0.2) is 24.9 Å². The van der Waals surface area contributed by atoms with Gasteiger partial charge in [0, 0.05) is 28.3 Å². The maximum atomic E-state index is 10.7. The molecule has 3 heterocycles. The normalized spacial score (nSPS) is 17.7. The van der Waals surface area contributed by atoms with Gasteiger partial charge < -0.3 is 25.0 Å². The number of hydrogen-bond donors (Lipinski definition) is 3. The molecule has 34 heavy (non-hydrogen) atoms. The molecule has 0 amide bonds. The van der Waals surface area contributed by atoms with E-state index in [1.54, 1.807) is 36.5 Å².